The van der Waals surface area contributed by atoms with Crippen molar-refractivity contribution in [3.63, 3.8) is 0 Å². The molecule has 0 radical (unpaired) electrons. The first kappa shape index (κ1) is 21.4. The van der Waals surface area contributed by atoms with Crippen molar-refractivity contribution in [1.82, 2.24) is 14.4 Å². The second kappa shape index (κ2) is 9.09. The van der Waals surface area contributed by atoms with Crippen LogP contribution >= 0.6 is 0 Å². The summed E-state index contributed by atoms with van der Waals surface area (Å²) in [5.41, 5.74) is 1.71. The molecular formula is C22H25N3O5S. The Hall–Kier alpha value is -2.88. The van der Waals surface area contributed by atoms with Gasteiger partial charge in [-0.25, -0.2) is 8.42 Å². The van der Waals surface area contributed by atoms with Crippen LogP contribution in [0.4, 0.5) is 0 Å². The van der Waals surface area contributed by atoms with E-state index < -0.39 is 10.0 Å². The fraction of sp³-hybridized carbons (Fsp3) is 0.318. The minimum atomic E-state index is -3.52. The van der Waals surface area contributed by atoms with Crippen molar-refractivity contribution < 1.29 is 22.4 Å². The molecule has 2 aromatic carbocycles. The number of sulfonamides is 1. The predicted molar refractivity (Wildman–Crippen MR) is 116 cm³/mol. The van der Waals surface area contributed by atoms with Crippen LogP contribution in [-0.4, -0.2) is 63.2 Å². The van der Waals surface area contributed by atoms with Crippen LogP contribution in [0.25, 0.3) is 11.3 Å². The van der Waals surface area contributed by atoms with Gasteiger partial charge in [-0.2, -0.15) is 4.31 Å². The molecule has 1 fully saturated rings. The topological polar surface area (TPSA) is 85.1 Å². The molecule has 0 bridgehead atoms. The quantitative estimate of drug-likeness (QED) is 0.555. The Morgan fingerprint density at radius 1 is 0.903 bits per heavy atom. The van der Waals surface area contributed by atoms with Crippen molar-refractivity contribution in [3.05, 3.63) is 60.4 Å². The first-order valence-electron chi connectivity index (χ1n) is 9.96. The van der Waals surface area contributed by atoms with Crippen molar-refractivity contribution in [1.29, 1.82) is 0 Å². The van der Waals surface area contributed by atoms with Gasteiger partial charge in [0.05, 0.1) is 25.7 Å². The minimum Gasteiger partial charge on any atom is -0.497 e. The standard InChI is InChI=1S/C22H25N3O5S/c1-28-18-5-3-17(4-6-18)22-15-20(30-23-22)16-24-11-13-25(14-12-24)31(26,27)21-9-7-19(29-2)8-10-21/h3-10,15H,11-14,16H2,1-2H3. The smallest absolute Gasteiger partial charge is 0.243 e. The Kier molecular flexibility index (Phi) is 6.26. The van der Waals surface area contributed by atoms with E-state index in [1.54, 1.807) is 38.5 Å². The highest BCUT2D eigenvalue weighted by molar-refractivity contribution is 7.89. The van der Waals surface area contributed by atoms with Gasteiger partial charge in [-0.1, -0.05) is 5.16 Å². The van der Waals surface area contributed by atoms with E-state index in [4.69, 9.17) is 14.0 Å². The van der Waals surface area contributed by atoms with Gasteiger partial charge in [0.1, 0.15) is 17.2 Å². The van der Waals surface area contributed by atoms with Gasteiger partial charge in [0, 0.05) is 37.8 Å². The molecule has 0 saturated carbocycles. The van der Waals surface area contributed by atoms with E-state index in [-0.39, 0.29) is 4.90 Å². The van der Waals surface area contributed by atoms with Gasteiger partial charge in [-0.15, -0.1) is 0 Å². The number of hydrogen-bond donors (Lipinski definition) is 0. The third kappa shape index (κ3) is 4.73. The Morgan fingerprint density at radius 2 is 1.48 bits per heavy atom. The van der Waals surface area contributed by atoms with E-state index in [0.717, 1.165) is 22.8 Å². The van der Waals surface area contributed by atoms with Crippen molar-refractivity contribution >= 4 is 10.0 Å². The zero-order valence-corrected chi connectivity index (χ0v) is 18.3. The fourth-order valence-corrected chi connectivity index (χ4v) is 4.95. The number of ether oxygens (including phenoxy) is 2. The van der Waals surface area contributed by atoms with Gasteiger partial charge < -0.3 is 14.0 Å². The molecule has 0 atom stereocenters. The van der Waals surface area contributed by atoms with Crippen molar-refractivity contribution in [2.75, 3.05) is 40.4 Å². The minimum absolute atomic E-state index is 0.279. The van der Waals surface area contributed by atoms with E-state index in [0.29, 0.717) is 38.5 Å². The van der Waals surface area contributed by atoms with Crippen LogP contribution in [0, 0.1) is 0 Å². The van der Waals surface area contributed by atoms with E-state index in [1.807, 2.05) is 30.3 Å². The summed E-state index contributed by atoms with van der Waals surface area (Å²) in [6, 6.07) is 16.0. The Balaban J connectivity index is 1.35. The summed E-state index contributed by atoms with van der Waals surface area (Å²) in [7, 11) is -0.333. The lowest BCUT2D eigenvalue weighted by Gasteiger charge is -2.33. The van der Waals surface area contributed by atoms with Crippen LogP contribution in [0.2, 0.25) is 0 Å². The molecule has 3 aromatic rings. The van der Waals surface area contributed by atoms with E-state index in [2.05, 4.69) is 10.1 Å². The second-order valence-corrected chi connectivity index (χ2v) is 9.20. The summed E-state index contributed by atoms with van der Waals surface area (Å²) in [6.45, 7) is 2.67. The van der Waals surface area contributed by atoms with Crippen LogP contribution in [-0.2, 0) is 16.6 Å². The first-order chi connectivity index (χ1) is 15.0. The summed E-state index contributed by atoms with van der Waals surface area (Å²) in [5.74, 6) is 2.16. The predicted octanol–water partition coefficient (Wildman–Crippen LogP) is 2.87. The summed E-state index contributed by atoms with van der Waals surface area (Å²) in [6.07, 6.45) is 0. The lowest BCUT2D eigenvalue weighted by molar-refractivity contribution is 0.166. The lowest BCUT2D eigenvalue weighted by Crippen LogP contribution is -2.48. The molecular weight excluding hydrogens is 418 g/mol. The number of aromatic nitrogens is 1. The number of methoxy groups -OCH3 is 2. The van der Waals surface area contributed by atoms with Crippen LogP contribution < -0.4 is 9.47 Å². The zero-order valence-electron chi connectivity index (χ0n) is 17.5. The van der Waals surface area contributed by atoms with Gasteiger partial charge in [-0.05, 0) is 48.5 Å². The average molecular weight is 444 g/mol. The van der Waals surface area contributed by atoms with Crippen molar-refractivity contribution in [2.45, 2.75) is 11.4 Å². The summed E-state index contributed by atoms with van der Waals surface area (Å²) in [5, 5.41) is 4.16. The number of piperazine rings is 1. The number of benzene rings is 2. The van der Waals surface area contributed by atoms with E-state index >= 15 is 0 Å². The van der Waals surface area contributed by atoms with Crippen LogP contribution in [0.1, 0.15) is 5.76 Å². The number of hydrogen-bond acceptors (Lipinski definition) is 7. The van der Waals surface area contributed by atoms with Crippen molar-refractivity contribution in [3.8, 4) is 22.8 Å². The molecule has 0 spiro atoms. The normalized spacial score (nSPS) is 15.7. The first-order valence-corrected chi connectivity index (χ1v) is 11.4. The Morgan fingerprint density at radius 3 is 2.06 bits per heavy atom. The molecule has 1 saturated heterocycles. The van der Waals surface area contributed by atoms with Crippen LogP contribution in [0.3, 0.4) is 0 Å². The maximum atomic E-state index is 12.9. The third-order valence-corrected chi connectivity index (χ3v) is 7.27. The lowest BCUT2D eigenvalue weighted by atomic mass is 10.1. The highest BCUT2D eigenvalue weighted by Crippen LogP contribution is 2.24. The largest absolute Gasteiger partial charge is 0.497 e. The molecule has 0 unspecified atom stereocenters. The molecule has 164 valence electrons. The number of rotatable bonds is 7. The Labute approximate surface area is 182 Å². The highest BCUT2D eigenvalue weighted by atomic mass is 32.2. The van der Waals surface area contributed by atoms with Gasteiger partial charge in [0.15, 0.2) is 5.76 Å². The van der Waals surface area contributed by atoms with Gasteiger partial charge in [0.2, 0.25) is 10.0 Å². The fourth-order valence-electron chi connectivity index (χ4n) is 3.53. The number of nitrogens with zero attached hydrogens (tertiary/aromatic N) is 3. The highest BCUT2D eigenvalue weighted by Gasteiger charge is 2.29. The van der Waals surface area contributed by atoms with E-state index in [1.165, 1.54) is 4.31 Å². The summed E-state index contributed by atoms with van der Waals surface area (Å²) >= 11 is 0. The maximum absolute atomic E-state index is 12.9. The monoisotopic (exact) mass is 443 g/mol. The van der Waals surface area contributed by atoms with Gasteiger partial charge >= 0.3 is 0 Å². The average Bonchev–Trinajstić information content (AvgIpc) is 3.28. The zero-order chi connectivity index (χ0) is 21.8. The molecule has 1 aliphatic rings. The molecule has 4 rings (SSSR count). The third-order valence-electron chi connectivity index (χ3n) is 5.35. The van der Waals surface area contributed by atoms with Gasteiger partial charge in [-0.3, -0.25) is 4.90 Å². The summed E-state index contributed by atoms with van der Waals surface area (Å²) in [4.78, 5) is 2.44. The van der Waals surface area contributed by atoms with Gasteiger partial charge in [0.25, 0.3) is 0 Å². The molecule has 9 heteroatoms. The van der Waals surface area contributed by atoms with Crippen LogP contribution in [0.15, 0.2) is 64.0 Å². The SMILES string of the molecule is COc1ccc(-c2cc(CN3CCN(S(=O)(=O)c4ccc(OC)cc4)CC3)on2)cc1. The molecule has 0 amide bonds. The molecule has 8 nitrogen and oxygen atoms in total. The van der Waals surface area contributed by atoms with Crippen molar-refractivity contribution in [2.24, 2.45) is 0 Å². The Bertz CT molecular complexity index is 1100. The molecule has 0 N–H and O–H groups in total. The summed E-state index contributed by atoms with van der Waals surface area (Å²) < 4.78 is 43.1. The molecule has 0 aliphatic carbocycles. The van der Waals surface area contributed by atoms with Crippen LogP contribution in [0.5, 0.6) is 11.5 Å². The van der Waals surface area contributed by atoms with E-state index in [9.17, 15) is 8.42 Å². The maximum Gasteiger partial charge on any atom is 0.243 e. The molecule has 2 heterocycles. The second-order valence-electron chi connectivity index (χ2n) is 7.26. The molecule has 1 aromatic heterocycles. The molecule has 31 heavy (non-hydrogen) atoms. The molecule has 1 aliphatic heterocycles.